The van der Waals surface area contributed by atoms with E-state index < -0.39 is 5.79 Å². The molecule has 0 N–H and O–H groups in total. The summed E-state index contributed by atoms with van der Waals surface area (Å²) in [5.74, 6) is 0.0309. The molecule has 1 aliphatic rings. The van der Waals surface area contributed by atoms with E-state index in [1.807, 2.05) is 13.8 Å². The van der Waals surface area contributed by atoms with Gasteiger partial charge in [0.05, 0.1) is 0 Å². The number of aromatic nitrogens is 2. The Hall–Kier alpha value is -1.78. The molecule has 0 atom stereocenters. The maximum Gasteiger partial charge on any atom is 0.316 e. The Morgan fingerprint density at radius 2 is 2.07 bits per heavy atom. The average Bonchev–Trinajstić information content (AvgIpc) is 2.57. The molecule has 0 amide bonds. The molecule has 0 aliphatic carbocycles. The van der Waals surface area contributed by atoms with Gasteiger partial charge in [-0.15, -0.1) is 0 Å². The lowest BCUT2D eigenvalue weighted by Crippen LogP contribution is -2.21. The third-order valence-corrected chi connectivity index (χ3v) is 1.74. The van der Waals surface area contributed by atoms with Crippen molar-refractivity contribution in [3.05, 3.63) is 30.5 Å². The molecule has 0 bridgehead atoms. The molecule has 5 nitrogen and oxygen atoms in total. The molecule has 0 saturated carbocycles. The van der Waals surface area contributed by atoms with E-state index in [1.54, 1.807) is 24.7 Å². The first kappa shape index (κ1) is 9.76. The topological polar surface area (TPSA) is 53.5 Å². The lowest BCUT2D eigenvalue weighted by Gasteiger charge is -2.17. The monoisotopic (exact) mass is 208 g/mol. The highest BCUT2D eigenvalue weighted by molar-refractivity contribution is 4.99. The van der Waals surface area contributed by atoms with Crippen LogP contribution in [0.15, 0.2) is 30.5 Å². The average molecular weight is 208 g/mol. The van der Waals surface area contributed by atoms with Gasteiger partial charge in [0, 0.05) is 26.2 Å². The van der Waals surface area contributed by atoms with E-state index in [4.69, 9.17) is 14.2 Å². The van der Waals surface area contributed by atoms with E-state index in [9.17, 15) is 0 Å². The highest BCUT2D eigenvalue weighted by atomic mass is 16.7. The molecule has 1 aromatic rings. The third-order valence-electron chi connectivity index (χ3n) is 1.74. The summed E-state index contributed by atoms with van der Waals surface area (Å²) in [6.07, 6.45) is 4.78. The molecule has 5 heteroatoms. The van der Waals surface area contributed by atoms with Crippen LogP contribution in [0.5, 0.6) is 6.01 Å². The van der Waals surface area contributed by atoms with Crippen LogP contribution in [0.25, 0.3) is 0 Å². The molecule has 2 heterocycles. The smallest absolute Gasteiger partial charge is 0.316 e. The van der Waals surface area contributed by atoms with Crippen LogP contribution in [-0.2, 0) is 9.47 Å². The van der Waals surface area contributed by atoms with E-state index in [0.29, 0.717) is 11.8 Å². The summed E-state index contributed by atoms with van der Waals surface area (Å²) in [6, 6.07) is 2.05. The zero-order valence-corrected chi connectivity index (χ0v) is 8.64. The van der Waals surface area contributed by atoms with Crippen LogP contribution in [-0.4, -0.2) is 22.4 Å². The first-order valence-corrected chi connectivity index (χ1v) is 4.61. The molecule has 1 aromatic heterocycles. The highest BCUT2D eigenvalue weighted by Crippen LogP contribution is 2.24. The zero-order valence-electron chi connectivity index (χ0n) is 8.64. The Morgan fingerprint density at radius 3 is 2.67 bits per heavy atom. The van der Waals surface area contributed by atoms with E-state index in [-0.39, 0.29) is 6.61 Å². The Balaban J connectivity index is 1.85. The fourth-order valence-corrected chi connectivity index (χ4v) is 1.13. The number of hydrogen-bond acceptors (Lipinski definition) is 5. The first-order valence-electron chi connectivity index (χ1n) is 4.61. The van der Waals surface area contributed by atoms with E-state index >= 15 is 0 Å². The minimum Gasteiger partial charge on any atom is -0.457 e. The highest BCUT2D eigenvalue weighted by Gasteiger charge is 2.27. The fourth-order valence-electron chi connectivity index (χ4n) is 1.13. The fraction of sp³-hybridized carbons (Fsp3) is 0.400. The quantitative estimate of drug-likeness (QED) is 0.753. The number of rotatable bonds is 3. The van der Waals surface area contributed by atoms with Gasteiger partial charge in [0.15, 0.2) is 12.4 Å². The molecule has 15 heavy (non-hydrogen) atoms. The third kappa shape index (κ3) is 2.59. The second-order valence-corrected chi connectivity index (χ2v) is 3.52. The summed E-state index contributed by atoms with van der Waals surface area (Å²) in [4.78, 5) is 7.84. The summed E-state index contributed by atoms with van der Waals surface area (Å²) in [6.45, 7) is 3.93. The molecule has 0 aromatic carbocycles. The number of nitrogens with zero attached hydrogens (tertiary/aromatic N) is 2. The Bertz CT molecular complexity index is 362. The molecular weight excluding hydrogens is 196 g/mol. The molecule has 0 radical (unpaired) electrons. The van der Waals surface area contributed by atoms with Gasteiger partial charge < -0.3 is 14.2 Å². The Labute approximate surface area is 87.7 Å². The zero-order chi connectivity index (χ0) is 10.7. The number of hydrogen-bond donors (Lipinski definition) is 0. The van der Waals surface area contributed by atoms with Crippen molar-refractivity contribution in [1.29, 1.82) is 0 Å². The van der Waals surface area contributed by atoms with Gasteiger partial charge in [0.1, 0.15) is 6.26 Å². The Kier molecular flexibility index (Phi) is 2.45. The van der Waals surface area contributed by atoms with Crippen molar-refractivity contribution in [2.24, 2.45) is 0 Å². The minimum atomic E-state index is -0.601. The maximum absolute atomic E-state index is 5.43. The Morgan fingerprint density at radius 1 is 1.33 bits per heavy atom. The summed E-state index contributed by atoms with van der Waals surface area (Å²) in [5.41, 5.74) is 0. The molecule has 0 saturated heterocycles. The molecular formula is C10H12N2O3. The maximum atomic E-state index is 5.43. The van der Waals surface area contributed by atoms with Crippen molar-refractivity contribution in [3.8, 4) is 6.01 Å². The molecule has 80 valence electrons. The van der Waals surface area contributed by atoms with Gasteiger partial charge in [-0.05, 0) is 6.07 Å². The normalized spacial score (nSPS) is 17.6. The van der Waals surface area contributed by atoms with Crippen LogP contribution in [0, 0.1) is 0 Å². The van der Waals surface area contributed by atoms with Crippen LogP contribution < -0.4 is 4.74 Å². The van der Waals surface area contributed by atoms with Gasteiger partial charge in [-0.2, -0.15) is 0 Å². The van der Waals surface area contributed by atoms with Gasteiger partial charge in [-0.1, -0.05) is 0 Å². The first-order chi connectivity index (χ1) is 7.16. The number of ether oxygens (including phenoxy) is 3. The second kappa shape index (κ2) is 3.76. The predicted octanol–water partition coefficient (Wildman–Crippen LogP) is 1.48. The van der Waals surface area contributed by atoms with Crippen molar-refractivity contribution in [2.75, 3.05) is 6.61 Å². The summed E-state index contributed by atoms with van der Waals surface area (Å²) in [7, 11) is 0. The van der Waals surface area contributed by atoms with Crippen molar-refractivity contribution in [2.45, 2.75) is 19.6 Å². The van der Waals surface area contributed by atoms with Gasteiger partial charge in [-0.25, -0.2) is 9.97 Å². The van der Waals surface area contributed by atoms with Gasteiger partial charge in [0.2, 0.25) is 5.79 Å². The van der Waals surface area contributed by atoms with Crippen LogP contribution in [0.4, 0.5) is 0 Å². The van der Waals surface area contributed by atoms with Gasteiger partial charge in [0.25, 0.3) is 0 Å². The molecule has 0 spiro atoms. The van der Waals surface area contributed by atoms with E-state index in [0.717, 1.165) is 0 Å². The molecule has 0 fully saturated rings. The summed E-state index contributed by atoms with van der Waals surface area (Å²) in [5, 5.41) is 0. The van der Waals surface area contributed by atoms with Gasteiger partial charge >= 0.3 is 6.01 Å². The predicted molar refractivity (Wildman–Crippen MR) is 51.9 cm³/mol. The van der Waals surface area contributed by atoms with Crippen LogP contribution >= 0.6 is 0 Å². The van der Waals surface area contributed by atoms with Crippen LogP contribution in [0.2, 0.25) is 0 Å². The van der Waals surface area contributed by atoms with Crippen molar-refractivity contribution < 1.29 is 14.2 Å². The molecule has 1 aliphatic heterocycles. The molecule has 2 rings (SSSR count). The largest absolute Gasteiger partial charge is 0.457 e. The van der Waals surface area contributed by atoms with Crippen molar-refractivity contribution in [1.82, 2.24) is 9.97 Å². The standard InChI is InChI=1S/C10H12N2O3/c1-10(2)14-7-8(15-10)6-13-9-11-4-3-5-12-9/h3-5,7H,6H2,1-2H3. The SMILES string of the molecule is CC1(C)OC=C(COc2ncccn2)O1. The van der Waals surface area contributed by atoms with Crippen LogP contribution in [0.1, 0.15) is 13.8 Å². The summed E-state index contributed by atoms with van der Waals surface area (Å²) >= 11 is 0. The minimum absolute atomic E-state index is 0.271. The van der Waals surface area contributed by atoms with Crippen molar-refractivity contribution in [3.63, 3.8) is 0 Å². The van der Waals surface area contributed by atoms with Crippen LogP contribution in [0.3, 0.4) is 0 Å². The van der Waals surface area contributed by atoms with E-state index in [2.05, 4.69) is 9.97 Å². The summed E-state index contributed by atoms with van der Waals surface area (Å²) < 4.78 is 16.0. The lowest BCUT2D eigenvalue weighted by atomic mass is 10.4. The second-order valence-electron chi connectivity index (χ2n) is 3.52. The lowest BCUT2D eigenvalue weighted by molar-refractivity contribution is -0.119. The molecule has 0 unspecified atom stereocenters. The van der Waals surface area contributed by atoms with E-state index in [1.165, 1.54) is 0 Å². The van der Waals surface area contributed by atoms with Crippen molar-refractivity contribution >= 4 is 0 Å². The van der Waals surface area contributed by atoms with Gasteiger partial charge in [-0.3, -0.25) is 0 Å².